The summed E-state index contributed by atoms with van der Waals surface area (Å²) < 4.78 is 56.7. The van der Waals surface area contributed by atoms with E-state index in [0.717, 1.165) is 11.3 Å². The number of amides is 1. The molecule has 0 spiro atoms. The third kappa shape index (κ3) is 19.6. The third-order valence-electron chi connectivity index (χ3n) is 4.57. The van der Waals surface area contributed by atoms with E-state index in [1.807, 2.05) is 30.3 Å². The van der Waals surface area contributed by atoms with Crippen LogP contribution in [0.2, 0.25) is 0 Å². The second-order valence-electron chi connectivity index (χ2n) is 7.80. The fraction of sp³-hybridized carbons (Fsp3) is 0.625. The Morgan fingerprint density at radius 2 is 1.51 bits per heavy atom. The van der Waals surface area contributed by atoms with Crippen molar-refractivity contribution < 1.29 is 46.6 Å². The first kappa shape index (κ1) is 32.9. The van der Waals surface area contributed by atoms with Crippen LogP contribution in [0.3, 0.4) is 0 Å². The summed E-state index contributed by atoms with van der Waals surface area (Å²) in [5, 5.41) is 15.5. The van der Waals surface area contributed by atoms with Crippen molar-refractivity contribution in [2.75, 3.05) is 84.8 Å². The number of carbonyl (C=O) groups excluding carboxylic acids is 1. The van der Waals surface area contributed by atoms with Gasteiger partial charge in [-0.1, -0.05) is 24.3 Å². The fourth-order valence-electron chi connectivity index (χ4n) is 2.87. The summed E-state index contributed by atoms with van der Waals surface area (Å²) in [6.07, 6.45) is 1.89. The molecule has 0 saturated heterocycles. The second kappa shape index (κ2) is 20.9. The number of allylic oxidation sites excluding steroid dienone is 1. The van der Waals surface area contributed by atoms with Crippen LogP contribution in [0.1, 0.15) is 5.56 Å². The third-order valence-corrected chi connectivity index (χ3v) is 5.20. The van der Waals surface area contributed by atoms with Crippen molar-refractivity contribution in [2.24, 2.45) is 0 Å². The van der Waals surface area contributed by atoms with Gasteiger partial charge in [0.15, 0.2) is 5.75 Å². The first-order valence-corrected chi connectivity index (χ1v) is 13.7. The lowest BCUT2D eigenvalue weighted by atomic mass is 10.1. The quantitative estimate of drug-likeness (QED) is 0.0770. The van der Waals surface area contributed by atoms with Crippen LogP contribution in [0.5, 0.6) is 5.75 Å². The van der Waals surface area contributed by atoms with Crippen molar-refractivity contribution >= 4 is 16.0 Å². The molecular weight excluding hydrogens is 508 g/mol. The van der Waals surface area contributed by atoms with Gasteiger partial charge in [0.25, 0.3) is 10.1 Å². The molecule has 1 amide bonds. The van der Waals surface area contributed by atoms with Gasteiger partial charge in [0.1, 0.15) is 18.5 Å². The number of para-hydroxylation sites is 1. The van der Waals surface area contributed by atoms with Crippen molar-refractivity contribution in [1.82, 2.24) is 10.6 Å². The van der Waals surface area contributed by atoms with E-state index in [1.165, 1.54) is 0 Å². The molecule has 12 nitrogen and oxygen atoms in total. The minimum Gasteiger partial charge on any atom is -0.491 e. The van der Waals surface area contributed by atoms with E-state index < -0.39 is 27.9 Å². The molecule has 37 heavy (non-hydrogen) atoms. The number of aliphatic hydroxyl groups is 1. The molecule has 1 unspecified atom stereocenters. The summed E-state index contributed by atoms with van der Waals surface area (Å²) in [4.78, 5) is 11.1. The highest BCUT2D eigenvalue weighted by atomic mass is 32.2. The van der Waals surface area contributed by atoms with Crippen LogP contribution in [0, 0.1) is 0 Å². The zero-order chi connectivity index (χ0) is 27.2. The molecule has 0 aliphatic heterocycles. The SMILES string of the molecule is C=CCc1ccccc1OCC(O)CNCCOCCOCCOCCOCCNC(=O)CS(=O)(=O)O. The van der Waals surface area contributed by atoms with Crippen LogP contribution in [0.15, 0.2) is 36.9 Å². The maximum absolute atomic E-state index is 11.1. The van der Waals surface area contributed by atoms with Crippen molar-refractivity contribution in [3.8, 4) is 5.75 Å². The molecule has 1 rings (SSSR count). The summed E-state index contributed by atoms with van der Waals surface area (Å²) in [6.45, 7) is 8.09. The number of aliphatic hydroxyl groups excluding tert-OH is 1. The maximum atomic E-state index is 11.1. The normalized spacial score (nSPS) is 12.3. The Hall–Kier alpha value is -2.10. The Labute approximate surface area is 219 Å². The Bertz CT molecular complexity index is 854. The van der Waals surface area contributed by atoms with Crippen molar-refractivity contribution in [3.63, 3.8) is 0 Å². The van der Waals surface area contributed by atoms with E-state index in [-0.39, 0.29) is 19.8 Å². The van der Waals surface area contributed by atoms with E-state index in [2.05, 4.69) is 17.2 Å². The Balaban J connectivity index is 1.83. The largest absolute Gasteiger partial charge is 0.491 e. The molecule has 1 atom stereocenters. The van der Waals surface area contributed by atoms with Gasteiger partial charge in [-0.15, -0.1) is 6.58 Å². The van der Waals surface area contributed by atoms with Crippen LogP contribution in [0.4, 0.5) is 0 Å². The highest BCUT2D eigenvalue weighted by Gasteiger charge is 2.11. The molecule has 0 heterocycles. The Kier molecular flexibility index (Phi) is 18.6. The molecule has 0 aliphatic rings. The molecule has 1 aromatic rings. The molecule has 13 heteroatoms. The second-order valence-corrected chi connectivity index (χ2v) is 9.25. The van der Waals surface area contributed by atoms with Crippen molar-refractivity contribution in [1.29, 1.82) is 0 Å². The Morgan fingerprint density at radius 1 is 0.946 bits per heavy atom. The molecule has 0 fully saturated rings. The first-order chi connectivity index (χ1) is 17.8. The molecule has 0 radical (unpaired) electrons. The highest BCUT2D eigenvalue weighted by molar-refractivity contribution is 7.86. The highest BCUT2D eigenvalue weighted by Crippen LogP contribution is 2.18. The lowest BCUT2D eigenvalue weighted by molar-refractivity contribution is -0.118. The van der Waals surface area contributed by atoms with Crippen molar-refractivity contribution in [2.45, 2.75) is 12.5 Å². The molecule has 0 aliphatic carbocycles. The number of rotatable bonds is 24. The summed E-state index contributed by atoms with van der Waals surface area (Å²) >= 11 is 0. The average Bonchev–Trinajstić information content (AvgIpc) is 2.84. The minimum atomic E-state index is -4.32. The molecule has 0 bridgehead atoms. The van der Waals surface area contributed by atoms with E-state index in [0.29, 0.717) is 65.8 Å². The number of ether oxygens (including phenoxy) is 5. The number of hydrogen-bond donors (Lipinski definition) is 4. The van der Waals surface area contributed by atoms with Gasteiger partial charge in [-0.3, -0.25) is 9.35 Å². The zero-order valence-electron chi connectivity index (χ0n) is 21.1. The maximum Gasteiger partial charge on any atom is 0.274 e. The topological polar surface area (TPSA) is 162 Å². The number of benzene rings is 1. The van der Waals surface area contributed by atoms with Crippen LogP contribution < -0.4 is 15.4 Å². The summed E-state index contributed by atoms with van der Waals surface area (Å²) in [7, 11) is -4.32. The minimum absolute atomic E-state index is 0.132. The predicted molar refractivity (Wildman–Crippen MR) is 137 cm³/mol. The van der Waals surface area contributed by atoms with E-state index in [4.69, 9.17) is 28.2 Å². The van der Waals surface area contributed by atoms with Crippen LogP contribution in [-0.4, -0.2) is 115 Å². The van der Waals surface area contributed by atoms with Gasteiger partial charge < -0.3 is 39.4 Å². The molecule has 212 valence electrons. The molecule has 4 N–H and O–H groups in total. The first-order valence-electron chi connectivity index (χ1n) is 12.0. The summed E-state index contributed by atoms with van der Waals surface area (Å²) in [5.41, 5.74) is 1.03. The monoisotopic (exact) mass is 548 g/mol. The van der Waals surface area contributed by atoms with Gasteiger partial charge >= 0.3 is 0 Å². The van der Waals surface area contributed by atoms with E-state index >= 15 is 0 Å². The standard InChI is InChI=1S/C24H40N2O10S/c1-2-5-21-6-3-4-7-23(21)36-19-22(27)18-25-8-10-32-12-14-34-16-17-35-15-13-33-11-9-26-24(28)20-37(29,30)31/h2-4,6-7,22,25,27H,1,5,8-20H2,(H,26,28)(H,29,30,31). The Morgan fingerprint density at radius 3 is 2.11 bits per heavy atom. The average molecular weight is 549 g/mol. The smallest absolute Gasteiger partial charge is 0.274 e. The number of carbonyl (C=O) groups is 1. The number of nitrogens with one attached hydrogen (secondary N) is 2. The van der Waals surface area contributed by atoms with Crippen LogP contribution in [-0.2, 0) is 40.3 Å². The predicted octanol–water partition coefficient (Wildman–Crippen LogP) is -0.185. The molecule has 0 aromatic heterocycles. The van der Waals surface area contributed by atoms with Crippen molar-refractivity contribution in [3.05, 3.63) is 42.5 Å². The van der Waals surface area contributed by atoms with Gasteiger partial charge in [-0.05, 0) is 18.1 Å². The zero-order valence-corrected chi connectivity index (χ0v) is 22.0. The van der Waals surface area contributed by atoms with E-state index in [9.17, 15) is 18.3 Å². The molecule has 0 saturated carbocycles. The molecule has 1 aromatic carbocycles. The fourth-order valence-corrected chi connectivity index (χ4v) is 3.30. The number of hydrogen-bond acceptors (Lipinski definition) is 10. The summed E-state index contributed by atoms with van der Waals surface area (Å²) in [5.74, 6) is -1.00. The van der Waals surface area contributed by atoms with Gasteiger partial charge in [-0.25, -0.2) is 0 Å². The van der Waals surface area contributed by atoms with Gasteiger partial charge in [0.2, 0.25) is 5.91 Å². The van der Waals surface area contributed by atoms with Crippen LogP contribution in [0.25, 0.3) is 0 Å². The summed E-state index contributed by atoms with van der Waals surface area (Å²) in [6, 6.07) is 7.69. The van der Waals surface area contributed by atoms with Gasteiger partial charge in [0, 0.05) is 19.6 Å². The van der Waals surface area contributed by atoms with E-state index in [1.54, 1.807) is 0 Å². The van der Waals surface area contributed by atoms with Crippen LogP contribution >= 0.6 is 0 Å². The molecular formula is C24H40N2O10S. The van der Waals surface area contributed by atoms with Gasteiger partial charge in [-0.2, -0.15) is 8.42 Å². The van der Waals surface area contributed by atoms with Gasteiger partial charge in [0.05, 0.1) is 52.9 Å². The lowest BCUT2D eigenvalue weighted by Crippen LogP contribution is -2.33. The lowest BCUT2D eigenvalue weighted by Gasteiger charge is -2.15.